The summed E-state index contributed by atoms with van der Waals surface area (Å²) in [6.07, 6.45) is 0. The van der Waals surface area contributed by atoms with Gasteiger partial charge in [0.2, 0.25) is 0 Å². The fraction of sp³-hybridized carbons (Fsp3) is 0.0526. The van der Waals surface area contributed by atoms with Gasteiger partial charge in [0.15, 0.2) is 0 Å². The lowest BCUT2D eigenvalue weighted by molar-refractivity contribution is 0.401. The molecule has 3 rings (SSSR count). The lowest BCUT2D eigenvalue weighted by Crippen LogP contribution is -2.14. The molecule has 0 saturated heterocycles. The van der Waals surface area contributed by atoms with Crippen molar-refractivity contribution >= 4 is 15.7 Å². The van der Waals surface area contributed by atoms with Crippen molar-refractivity contribution in [1.82, 2.24) is 0 Å². The molecule has 0 atom stereocenters. The van der Waals surface area contributed by atoms with E-state index in [1.165, 1.54) is 13.2 Å². The Morgan fingerprint density at radius 2 is 1.52 bits per heavy atom. The van der Waals surface area contributed by atoms with Crippen LogP contribution in [0.2, 0.25) is 0 Å². The fourth-order valence-electron chi connectivity index (χ4n) is 2.43. The van der Waals surface area contributed by atoms with E-state index >= 15 is 0 Å². The molecular formula is C19H16FNO3S. The molecule has 0 aliphatic rings. The number of nitrogens with one attached hydrogen (secondary N) is 1. The van der Waals surface area contributed by atoms with Gasteiger partial charge in [-0.15, -0.1) is 0 Å². The fourth-order valence-corrected chi connectivity index (χ4v) is 3.67. The summed E-state index contributed by atoms with van der Waals surface area (Å²) in [4.78, 5) is -0.248. The Kier molecular flexibility index (Phi) is 4.72. The Bertz CT molecular complexity index is 971. The summed E-state index contributed by atoms with van der Waals surface area (Å²) in [5, 5.41) is 0. The number of rotatable bonds is 5. The van der Waals surface area contributed by atoms with Gasteiger partial charge in [-0.1, -0.05) is 42.5 Å². The molecule has 0 bridgehead atoms. The van der Waals surface area contributed by atoms with Gasteiger partial charge in [-0.25, -0.2) is 12.8 Å². The Labute approximate surface area is 146 Å². The molecule has 25 heavy (non-hydrogen) atoms. The first-order valence-electron chi connectivity index (χ1n) is 7.51. The lowest BCUT2D eigenvalue weighted by Gasteiger charge is -2.12. The summed E-state index contributed by atoms with van der Waals surface area (Å²) >= 11 is 0. The normalized spacial score (nSPS) is 11.1. The van der Waals surface area contributed by atoms with Crippen LogP contribution in [-0.4, -0.2) is 15.5 Å². The molecule has 0 unspecified atom stereocenters. The van der Waals surface area contributed by atoms with Crippen LogP contribution in [0.1, 0.15) is 0 Å². The number of methoxy groups -OCH3 is 1. The lowest BCUT2D eigenvalue weighted by atomic mass is 10.1. The monoisotopic (exact) mass is 357 g/mol. The summed E-state index contributed by atoms with van der Waals surface area (Å²) in [6.45, 7) is 0. The molecular weight excluding hydrogens is 341 g/mol. The van der Waals surface area contributed by atoms with Crippen LogP contribution in [-0.2, 0) is 10.0 Å². The topological polar surface area (TPSA) is 55.4 Å². The van der Waals surface area contributed by atoms with E-state index in [1.807, 2.05) is 42.5 Å². The first-order chi connectivity index (χ1) is 12.0. The standard InChI is InChI=1S/C19H16FNO3S/c1-24-18-12-9-16(20)13-19(18)25(22,23)21-17-10-7-15(8-11-17)14-5-3-2-4-6-14/h2-13,21H,1H3. The molecule has 0 radical (unpaired) electrons. The minimum atomic E-state index is -3.97. The van der Waals surface area contributed by atoms with Gasteiger partial charge in [0.05, 0.1) is 7.11 Å². The van der Waals surface area contributed by atoms with E-state index in [1.54, 1.807) is 12.1 Å². The highest BCUT2D eigenvalue weighted by Crippen LogP contribution is 2.27. The maximum atomic E-state index is 13.4. The molecule has 0 fully saturated rings. The van der Waals surface area contributed by atoms with Gasteiger partial charge >= 0.3 is 0 Å². The second-order valence-electron chi connectivity index (χ2n) is 5.34. The Hall–Kier alpha value is -2.86. The molecule has 0 saturated carbocycles. The van der Waals surface area contributed by atoms with Crippen LogP contribution in [0.5, 0.6) is 5.75 Å². The molecule has 0 aliphatic heterocycles. The molecule has 4 nitrogen and oxygen atoms in total. The summed E-state index contributed by atoms with van der Waals surface area (Å²) in [5.74, 6) is -0.574. The van der Waals surface area contributed by atoms with E-state index in [0.717, 1.165) is 23.3 Å². The van der Waals surface area contributed by atoms with E-state index in [2.05, 4.69) is 4.72 Å². The van der Waals surface area contributed by atoms with E-state index in [9.17, 15) is 12.8 Å². The van der Waals surface area contributed by atoms with Gasteiger partial charge in [-0.05, 0) is 41.5 Å². The zero-order chi connectivity index (χ0) is 17.9. The van der Waals surface area contributed by atoms with Crippen molar-refractivity contribution in [2.75, 3.05) is 11.8 Å². The molecule has 6 heteroatoms. The van der Waals surface area contributed by atoms with E-state index in [4.69, 9.17) is 4.74 Å². The van der Waals surface area contributed by atoms with Crippen molar-refractivity contribution in [3.8, 4) is 16.9 Å². The minimum Gasteiger partial charge on any atom is -0.495 e. The number of halogens is 1. The Morgan fingerprint density at radius 1 is 0.880 bits per heavy atom. The average molecular weight is 357 g/mol. The van der Waals surface area contributed by atoms with Gasteiger partial charge in [0.25, 0.3) is 10.0 Å². The predicted molar refractivity (Wildman–Crippen MR) is 95.6 cm³/mol. The maximum absolute atomic E-state index is 13.4. The number of sulfonamides is 1. The van der Waals surface area contributed by atoms with Crippen LogP contribution >= 0.6 is 0 Å². The Balaban J connectivity index is 1.88. The SMILES string of the molecule is COc1ccc(F)cc1S(=O)(=O)Nc1ccc(-c2ccccc2)cc1. The third kappa shape index (κ3) is 3.80. The van der Waals surface area contributed by atoms with Crippen molar-refractivity contribution in [2.45, 2.75) is 4.90 Å². The molecule has 0 spiro atoms. The summed E-state index contributed by atoms with van der Waals surface area (Å²) in [7, 11) is -2.64. The van der Waals surface area contributed by atoms with E-state index < -0.39 is 15.8 Å². The van der Waals surface area contributed by atoms with Crippen molar-refractivity contribution in [1.29, 1.82) is 0 Å². The third-order valence-corrected chi connectivity index (χ3v) is 5.06. The highest BCUT2D eigenvalue weighted by atomic mass is 32.2. The van der Waals surface area contributed by atoms with Gasteiger partial charge in [0.1, 0.15) is 16.5 Å². The van der Waals surface area contributed by atoms with Crippen molar-refractivity contribution in [3.63, 3.8) is 0 Å². The summed E-state index contributed by atoms with van der Waals surface area (Å²) in [5.41, 5.74) is 2.38. The van der Waals surface area contributed by atoms with Gasteiger partial charge in [0, 0.05) is 5.69 Å². The zero-order valence-corrected chi connectivity index (χ0v) is 14.3. The van der Waals surface area contributed by atoms with E-state index in [0.29, 0.717) is 5.69 Å². The zero-order valence-electron chi connectivity index (χ0n) is 13.4. The van der Waals surface area contributed by atoms with Crippen molar-refractivity contribution in [3.05, 3.63) is 78.6 Å². The molecule has 0 aliphatic carbocycles. The first kappa shape index (κ1) is 17.0. The smallest absolute Gasteiger partial charge is 0.265 e. The Morgan fingerprint density at radius 3 is 2.16 bits per heavy atom. The number of hydrogen-bond donors (Lipinski definition) is 1. The molecule has 0 amide bonds. The van der Waals surface area contributed by atoms with Crippen LogP contribution in [0, 0.1) is 5.82 Å². The van der Waals surface area contributed by atoms with Crippen molar-refractivity contribution in [2.24, 2.45) is 0 Å². The molecule has 128 valence electrons. The second kappa shape index (κ2) is 6.94. The quantitative estimate of drug-likeness (QED) is 0.741. The number of hydrogen-bond acceptors (Lipinski definition) is 3. The van der Waals surface area contributed by atoms with Gasteiger partial charge < -0.3 is 4.74 Å². The summed E-state index contributed by atoms with van der Waals surface area (Å²) in [6, 6.07) is 20.0. The maximum Gasteiger partial charge on any atom is 0.265 e. The molecule has 3 aromatic rings. The second-order valence-corrected chi connectivity index (χ2v) is 6.99. The minimum absolute atomic E-state index is 0.0785. The molecule has 0 heterocycles. The highest BCUT2D eigenvalue weighted by molar-refractivity contribution is 7.92. The highest BCUT2D eigenvalue weighted by Gasteiger charge is 2.20. The first-order valence-corrected chi connectivity index (χ1v) is 9.00. The van der Waals surface area contributed by atoms with Gasteiger partial charge in [-0.3, -0.25) is 4.72 Å². The number of benzene rings is 3. The third-order valence-electron chi connectivity index (χ3n) is 3.66. The van der Waals surface area contributed by atoms with E-state index in [-0.39, 0.29) is 10.6 Å². The van der Waals surface area contributed by atoms with Crippen LogP contribution < -0.4 is 9.46 Å². The molecule has 0 aromatic heterocycles. The summed E-state index contributed by atoms with van der Waals surface area (Å²) < 4.78 is 46.0. The number of anilines is 1. The van der Waals surface area contributed by atoms with Crippen LogP contribution in [0.4, 0.5) is 10.1 Å². The largest absolute Gasteiger partial charge is 0.495 e. The van der Waals surface area contributed by atoms with Crippen LogP contribution in [0.25, 0.3) is 11.1 Å². The average Bonchev–Trinajstić information content (AvgIpc) is 2.63. The number of ether oxygens (including phenoxy) is 1. The molecule has 3 aromatic carbocycles. The van der Waals surface area contributed by atoms with Crippen molar-refractivity contribution < 1.29 is 17.5 Å². The van der Waals surface area contributed by atoms with Crippen LogP contribution in [0.15, 0.2) is 77.7 Å². The van der Waals surface area contributed by atoms with Crippen LogP contribution in [0.3, 0.4) is 0 Å². The molecule has 1 N–H and O–H groups in total. The van der Waals surface area contributed by atoms with Gasteiger partial charge in [-0.2, -0.15) is 0 Å². The predicted octanol–water partition coefficient (Wildman–Crippen LogP) is 4.30.